The molecule has 0 aromatic carbocycles. The molecule has 0 unspecified atom stereocenters. The van der Waals surface area contributed by atoms with Crippen LogP contribution >= 0.6 is 22.7 Å². The van der Waals surface area contributed by atoms with Crippen molar-refractivity contribution in [2.75, 3.05) is 13.2 Å². The van der Waals surface area contributed by atoms with Crippen LogP contribution in [0.3, 0.4) is 0 Å². The molecule has 2 rings (SSSR count). The number of aryl methyl sites for hydroxylation is 2. The summed E-state index contributed by atoms with van der Waals surface area (Å²) in [6.45, 7) is 10.1. The molecular formula is C32H56N2O2S2. The lowest BCUT2D eigenvalue weighted by atomic mass is 10.1. The van der Waals surface area contributed by atoms with Crippen molar-refractivity contribution in [3.63, 3.8) is 0 Å². The summed E-state index contributed by atoms with van der Waals surface area (Å²) in [6, 6.07) is 0. The van der Waals surface area contributed by atoms with Crippen LogP contribution in [0.5, 0.6) is 11.8 Å². The van der Waals surface area contributed by atoms with E-state index in [1.165, 1.54) is 116 Å². The fourth-order valence-corrected chi connectivity index (χ4v) is 6.66. The van der Waals surface area contributed by atoms with Crippen molar-refractivity contribution in [3.8, 4) is 21.5 Å². The van der Waals surface area contributed by atoms with Gasteiger partial charge in [-0.2, -0.15) is 0 Å². The van der Waals surface area contributed by atoms with Crippen LogP contribution in [0.4, 0.5) is 0 Å². The maximum absolute atomic E-state index is 6.18. The second-order valence-electron chi connectivity index (χ2n) is 10.8. The molecule has 0 bridgehead atoms. The average molecular weight is 565 g/mol. The Morgan fingerprint density at radius 3 is 1.05 bits per heavy atom. The minimum absolute atomic E-state index is 0.735. The maximum Gasteiger partial charge on any atom is 0.233 e. The minimum Gasteiger partial charge on any atom is -0.477 e. The largest absolute Gasteiger partial charge is 0.477 e. The highest BCUT2D eigenvalue weighted by atomic mass is 32.1. The zero-order valence-electron chi connectivity index (χ0n) is 25.1. The van der Waals surface area contributed by atoms with E-state index in [1.54, 1.807) is 22.7 Å². The molecule has 6 heteroatoms. The Labute approximate surface area is 242 Å². The maximum atomic E-state index is 6.18. The number of nitrogens with zero attached hydrogens (tertiary/aromatic N) is 2. The van der Waals surface area contributed by atoms with Crippen molar-refractivity contribution in [1.82, 2.24) is 9.97 Å². The lowest BCUT2D eigenvalue weighted by molar-refractivity contribution is 0.291. The van der Waals surface area contributed by atoms with Gasteiger partial charge in [0.25, 0.3) is 0 Å². The van der Waals surface area contributed by atoms with Crippen LogP contribution in [0.15, 0.2) is 0 Å². The molecule has 0 saturated carbocycles. The van der Waals surface area contributed by atoms with Crippen molar-refractivity contribution in [2.24, 2.45) is 0 Å². The second kappa shape index (κ2) is 21.7. The summed E-state index contributed by atoms with van der Waals surface area (Å²) in [6.07, 6.45) is 26.6. The van der Waals surface area contributed by atoms with E-state index in [4.69, 9.17) is 19.4 Å². The van der Waals surface area contributed by atoms with E-state index in [0.29, 0.717) is 0 Å². The molecule has 0 fully saturated rings. The summed E-state index contributed by atoms with van der Waals surface area (Å²) in [7, 11) is 0. The molecule has 0 amide bonds. The minimum atomic E-state index is 0.735. The molecule has 218 valence electrons. The quantitative estimate of drug-likeness (QED) is 0.112. The molecule has 0 atom stereocenters. The van der Waals surface area contributed by atoms with E-state index in [9.17, 15) is 0 Å². The number of hydrogen-bond acceptors (Lipinski definition) is 6. The van der Waals surface area contributed by atoms with E-state index in [0.717, 1.165) is 57.6 Å². The highest BCUT2D eigenvalue weighted by Gasteiger charge is 2.21. The van der Waals surface area contributed by atoms with Crippen LogP contribution in [0.1, 0.15) is 152 Å². The first kappa shape index (κ1) is 33.1. The van der Waals surface area contributed by atoms with Gasteiger partial charge in [0, 0.05) is 0 Å². The Balaban J connectivity index is 1.67. The first-order valence-electron chi connectivity index (χ1n) is 15.9. The molecule has 2 heterocycles. The lowest BCUT2D eigenvalue weighted by Crippen LogP contribution is -2.00. The zero-order valence-corrected chi connectivity index (χ0v) is 26.7. The Morgan fingerprint density at radius 2 is 0.737 bits per heavy atom. The Kier molecular flexibility index (Phi) is 18.8. The SMILES string of the molecule is CCCCCCCCCCCCOc1nc(C)sc1-c1sc(C)nc1OCCCCCCCCCCCC. The normalized spacial score (nSPS) is 11.4. The van der Waals surface area contributed by atoms with Crippen LogP contribution in [-0.2, 0) is 0 Å². The van der Waals surface area contributed by atoms with Crippen LogP contribution < -0.4 is 9.47 Å². The lowest BCUT2D eigenvalue weighted by Gasteiger charge is -2.08. The Morgan fingerprint density at radius 1 is 0.447 bits per heavy atom. The van der Waals surface area contributed by atoms with E-state index in [2.05, 4.69) is 27.7 Å². The van der Waals surface area contributed by atoms with Gasteiger partial charge in [0.1, 0.15) is 9.75 Å². The summed E-state index contributed by atoms with van der Waals surface area (Å²) >= 11 is 3.38. The van der Waals surface area contributed by atoms with Crippen molar-refractivity contribution in [3.05, 3.63) is 10.0 Å². The number of unbranched alkanes of at least 4 members (excludes halogenated alkanes) is 18. The number of thiazole rings is 2. The van der Waals surface area contributed by atoms with Crippen molar-refractivity contribution in [2.45, 2.75) is 156 Å². The third-order valence-electron chi connectivity index (χ3n) is 7.09. The third kappa shape index (κ3) is 14.3. The van der Waals surface area contributed by atoms with Crippen LogP contribution in [0.25, 0.3) is 9.75 Å². The average Bonchev–Trinajstić information content (AvgIpc) is 3.46. The van der Waals surface area contributed by atoms with Gasteiger partial charge in [-0.3, -0.25) is 0 Å². The number of hydrogen-bond donors (Lipinski definition) is 0. The molecule has 2 aromatic heterocycles. The van der Waals surface area contributed by atoms with Gasteiger partial charge in [-0.15, -0.1) is 22.7 Å². The van der Waals surface area contributed by atoms with Crippen molar-refractivity contribution in [1.29, 1.82) is 0 Å². The summed E-state index contributed by atoms with van der Waals surface area (Å²) in [4.78, 5) is 11.6. The monoisotopic (exact) mass is 564 g/mol. The molecule has 2 aromatic rings. The van der Waals surface area contributed by atoms with Gasteiger partial charge >= 0.3 is 0 Å². The topological polar surface area (TPSA) is 44.2 Å². The molecule has 0 radical (unpaired) electrons. The number of ether oxygens (including phenoxy) is 2. The molecule has 0 aliphatic carbocycles. The molecule has 0 N–H and O–H groups in total. The van der Waals surface area contributed by atoms with E-state index >= 15 is 0 Å². The molecule has 0 aliphatic heterocycles. The fraction of sp³-hybridized carbons (Fsp3) is 0.812. The highest BCUT2D eigenvalue weighted by molar-refractivity contribution is 7.22. The van der Waals surface area contributed by atoms with Gasteiger partial charge < -0.3 is 9.47 Å². The van der Waals surface area contributed by atoms with Crippen LogP contribution in [0.2, 0.25) is 0 Å². The standard InChI is InChI=1S/C32H56N2O2S2/c1-5-7-9-11-13-15-17-19-21-23-25-35-31-29(37-27(3)33-31)30-32(34-28(4)38-30)36-26-24-22-20-18-16-14-12-10-8-6-2/h5-26H2,1-4H3. The van der Waals surface area contributed by atoms with Gasteiger partial charge in [-0.1, -0.05) is 129 Å². The molecule has 38 heavy (non-hydrogen) atoms. The molecule has 0 saturated heterocycles. The summed E-state index contributed by atoms with van der Waals surface area (Å²) in [5.41, 5.74) is 0. The fourth-order valence-electron chi connectivity index (χ4n) is 4.82. The van der Waals surface area contributed by atoms with Crippen molar-refractivity contribution >= 4 is 22.7 Å². The number of rotatable bonds is 25. The summed E-state index contributed by atoms with van der Waals surface area (Å²) in [5, 5.41) is 2.06. The predicted molar refractivity (Wildman–Crippen MR) is 167 cm³/mol. The van der Waals surface area contributed by atoms with E-state index in [-0.39, 0.29) is 0 Å². The second-order valence-corrected chi connectivity index (χ2v) is 13.2. The van der Waals surface area contributed by atoms with Crippen LogP contribution in [0, 0.1) is 13.8 Å². The van der Waals surface area contributed by atoms with E-state index in [1.807, 2.05) is 0 Å². The van der Waals surface area contributed by atoms with Gasteiger partial charge in [0.2, 0.25) is 11.8 Å². The smallest absolute Gasteiger partial charge is 0.233 e. The summed E-state index contributed by atoms with van der Waals surface area (Å²) in [5.74, 6) is 1.52. The highest BCUT2D eigenvalue weighted by Crippen LogP contribution is 2.44. The molecule has 0 spiro atoms. The van der Waals surface area contributed by atoms with Crippen molar-refractivity contribution < 1.29 is 9.47 Å². The number of aromatic nitrogens is 2. The zero-order chi connectivity index (χ0) is 27.3. The molecule has 0 aliphatic rings. The van der Waals surface area contributed by atoms with Gasteiger partial charge in [0.05, 0.1) is 23.2 Å². The first-order chi connectivity index (χ1) is 18.7. The van der Waals surface area contributed by atoms with Gasteiger partial charge in [-0.25, -0.2) is 9.97 Å². The van der Waals surface area contributed by atoms with Gasteiger partial charge in [-0.05, 0) is 26.7 Å². The third-order valence-corrected chi connectivity index (χ3v) is 9.15. The first-order valence-corrected chi connectivity index (χ1v) is 17.5. The molecule has 4 nitrogen and oxygen atoms in total. The summed E-state index contributed by atoms with van der Waals surface area (Å²) < 4.78 is 12.4. The van der Waals surface area contributed by atoms with Gasteiger partial charge in [0.15, 0.2) is 0 Å². The molecular weight excluding hydrogens is 508 g/mol. The Hall–Kier alpha value is -1.14. The van der Waals surface area contributed by atoms with Crippen LogP contribution in [-0.4, -0.2) is 23.2 Å². The van der Waals surface area contributed by atoms with E-state index < -0.39 is 0 Å². The predicted octanol–water partition coefficient (Wildman–Crippen LogP) is 11.5. The Bertz CT molecular complexity index is 765.